The van der Waals surface area contributed by atoms with E-state index in [1.54, 1.807) is 0 Å². The molecule has 0 radical (unpaired) electrons. The van der Waals surface area contributed by atoms with Gasteiger partial charge in [0.25, 0.3) is 0 Å². The Kier molecular flexibility index (Phi) is 5.16. The van der Waals surface area contributed by atoms with Crippen LogP contribution in [0.2, 0.25) is 0 Å². The highest BCUT2D eigenvalue weighted by atomic mass is 32.1. The maximum atomic E-state index is 5.05. The highest BCUT2D eigenvalue weighted by Gasteiger charge is 2.21. The van der Waals surface area contributed by atoms with Crippen molar-refractivity contribution in [3.8, 4) is 22.6 Å². The summed E-state index contributed by atoms with van der Waals surface area (Å²) < 4.78 is 7.26. The van der Waals surface area contributed by atoms with Crippen molar-refractivity contribution >= 4 is 75.1 Å². The fraction of sp³-hybridized carbons (Fsp3) is 0. The van der Waals surface area contributed by atoms with Crippen molar-refractivity contribution in [2.75, 3.05) is 0 Å². The van der Waals surface area contributed by atoms with Crippen LogP contribution in [0.3, 0.4) is 0 Å². The van der Waals surface area contributed by atoms with E-state index < -0.39 is 0 Å². The van der Waals surface area contributed by atoms with Gasteiger partial charge in [0.05, 0.1) is 26.8 Å². The molecule has 0 aliphatic heterocycles. The molecule has 3 nitrogen and oxygen atoms in total. The second kappa shape index (κ2) is 9.39. The van der Waals surface area contributed by atoms with Gasteiger partial charge in [0.1, 0.15) is 0 Å². The van der Waals surface area contributed by atoms with Gasteiger partial charge < -0.3 is 4.57 Å². The van der Waals surface area contributed by atoms with E-state index in [0.29, 0.717) is 0 Å². The molecule has 0 saturated heterocycles. The normalized spacial score (nSPS) is 12.0. The molecule has 0 aliphatic carbocycles. The zero-order valence-electron chi connectivity index (χ0n) is 24.2. The fourth-order valence-electron chi connectivity index (χ4n) is 7.24. The summed E-state index contributed by atoms with van der Waals surface area (Å²) in [7, 11) is 0. The van der Waals surface area contributed by atoms with Crippen LogP contribution in [0.4, 0.5) is 0 Å². The van der Waals surface area contributed by atoms with E-state index in [4.69, 9.17) is 4.98 Å². The summed E-state index contributed by atoms with van der Waals surface area (Å²) in [6.45, 7) is 0. The third-order valence-corrected chi connectivity index (χ3v) is 10.4. The maximum absolute atomic E-state index is 5.05. The molecule has 4 heterocycles. The first-order chi connectivity index (χ1) is 22.3. The minimum absolute atomic E-state index is 0.981. The first kappa shape index (κ1) is 24.7. The average molecular weight is 592 g/mol. The molecule has 0 N–H and O–H groups in total. The Morgan fingerprint density at radius 1 is 0.444 bits per heavy atom. The lowest BCUT2D eigenvalue weighted by Gasteiger charge is -2.11. The van der Waals surface area contributed by atoms with Crippen LogP contribution < -0.4 is 0 Å². The van der Waals surface area contributed by atoms with Crippen molar-refractivity contribution in [2.45, 2.75) is 0 Å². The van der Waals surface area contributed by atoms with E-state index in [-0.39, 0.29) is 0 Å². The molecule has 0 saturated carbocycles. The van der Waals surface area contributed by atoms with E-state index in [1.165, 1.54) is 74.9 Å². The van der Waals surface area contributed by atoms with Crippen molar-refractivity contribution in [2.24, 2.45) is 0 Å². The van der Waals surface area contributed by atoms with Gasteiger partial charge in [0.15, 0.2) is 5.82 Å². The molecule has 10 aromatic rings. The molecule has 0 aliphatic rings. The smallest absolute Gasteiger partial charge is 0.155 e. The summed E-state index contributed by atoms with van der Waals surface area (Å²) in [5.74, 6) is 0.981. The van der Waals surface area contributed by atoms with E-state index >= 15 is 0 Å². The van der Waals surface area contributed by atoms with Crippen molar-refractivity contribution < 1.29 is 0 Å². The van der Waals surface area contributed by atoms with Crippen molar-refractivity contribution in [3.63, 3.8) is 0 Å². The summed E-state index contributed by atoms with van der Waals surface area (Å²) in [4.78, 5) is 5.05. The van der Waals surface area contributed by atoms with Crippen molar-refractivity contribution in [1.82, 2.24) is 14.1 Å². The summed E-state index contributed by atoms with van der Waals surface area (Å²) in [5.41, 5.74) is 8.40. The van der Waals surface area contributed by atoms with E-state index in [1.807, 2.05) is 17.5 Å². The minimum atomic E-state index is 0.981. The number of hydrogen-bond acceptors (Lipinski definition) is 2. The molecule has 4 aromatic heterocycles. The lowest BCUT2D eigenvalue weighted by atomic mass is 10.1. The van der Waals surface area contributed by atoms with E-state index in [2.05, 4.69) is 155 Å². The number of nitrogens with zero attached hydrogens (tertiary/aromatic N) is 3. The number of para-hydroxylation sites is 3. The molecule has 0 atom stereocenters. The Bertz CT molecular complexity index is 2690. The molecule has 45 heavy (non-hydrogen) atoms. The van der Waals surface area contributed by atoms with Gasteiger partial charge in [-0.3, -0.25) is 4.57 Å². The molecule has 6 aromatic carbocycles. The number of thiophene rings is 1. The monoisotopic (exact) mass is 591 g/mol. The largest absolute Gasteiger partial charge is 0.309 e. The molecule has 0 bridgehead atoms. The maximum Gasteiger partial charge on any atom is 0.155 e. The second-order valence-corrected chi connectivity index (χ2v) is 12.6. The van der Waals surface area contributed by atoms with Gasteiger partial charge in [-0.15, -0.1) is 11.3 Å². The van der Waals surface area contributed by atoms with Crippen LogP contribution in [0.25, 0.3) is 86.4 Å². The number of rotatable bonds is 3. The summed E-state index contributed by atoms with van der Waals surface area (Å²) in [6.07, 6.45) is 1.98. The summed E-state index contributed by atoms with van der Waals surface area (Å²) in [5, 5.41) is 7.53. The first-order valence-corrected chi connectivity index (χ1v) is 16.0. The molecular weight excluding hydrogens is 567 g/mol. The molecule has 10 rings (SSSR count). The van der Waals surface area contributed by atoms with Crippen LogP contribution in [-0.2, 0) is 0 Å². The molecule has 0 amide bonds. The van der Waals surface area contributed by atoms with Gasteiger partial charge in [0, 0.05) is 48.9 Å². The number of hydrogen-bond donors (Lipinski definition) is 0. The van der Waals surface area contributed by atoms with Crippen molar-refractivity contribution in [3.05, 3.63) is 152 Å². The quantitative estimate of drug-likeness (QED) is 0.200. The Morgan fingerprint density at radius 3 is 1.71 bits per heavy atom. The SMILES string of the molecule is c1ccc(-c2ccc(-n3c4ccccc4c4ccc5sc6c(-n7c8ccccc8c8ccccc87)nccc6c5c43)cc2)cc1. The van der Waals surface area contributed by atoms with Crippen LogP contribution in [-0.4, -0.2) is 14.1 Å². The molecule has 0 fully saturated rings. The van der Waals surface area contributed by atoms with Crippen LogP contribution in [0.15, 0.2) is 152 Å². The van der Waals surface area contributed by atoms with Gasteiger partial charge in [-0.1, -0.05) is 103 Å². The number of pyridine rings is 1. The van der Waals surface area contributed by atoms with E-state index in [0.717, 1.165) is 11.5 Å². The van der Waals surface area contributed by atoms with Gasteiger partial charge in [-0.05, 0) is 53.6 Å². The molecule has 4 heteroatoms. The summed E-state index contributed by atoms with van der Waals surface area (Å²) in [6, 6.07) is 52.5. The molecule has 210 valence electrons. The van der Waals surface area contributed by atoms with Crippen LogP contribution in [0.5, 0.6) is 0 Å². The topological polar surface area (TPSA) is 22.8 Å². The van der Waals surface area contributed by atoms with Crippen molar-refractivity contribution in [1.29, 1.82) is 0 Å². The highest BCUT2D eigenvalue weighted by Crippen LogP contribution is 2.45. The lowest BCUT2D eigenvalue weighted by Crippen LogP contribution is -1.97. The van der Waals surface area contributed by atoms with Crippen LogP contribution in [0.1, 0.15) is 0 Å². The Morgan fingerprint density at radius 2 is 1.02 bits per heavy atom. The third kappa shape index (κ3) is 3.48. The first-order valence-electron chi connectivity index (χ1n) is 15.2. The van der Waals surface area contributed by atoms with Gasteiger partial charge in [0.2, 0.25) is 0 Å². The Balaban J connectivity index is 1.30. The summed E-state index contributed by atoms with van der Waals surface area (Å²) >= 11 is 1.84. The van der Waals surface area contributed by atoms with Crippen LogP contribution in [0, 0.1) is 0 Å². The number of fused-ring (bicyclic) bond motifs is 10. The molecule has 0 unspecified atom stereocenters. The predicted molar refractivity (Wildman–Crippen MR) is 191 cm³/mol. The van der Waals surface area contributed by atoms with Gasteiger partial charge >= 0.3 is 0 Å². The number of aromatic nitrogens is 3. The highest BCUT2D eigenvalue weighted by molar-refractivity contribution is 7.26. The molecule has 0 spiro atoms. The van der Waals surface area contributed by atoms with Gasteiger partial charge in [-0.25, -0.2) is 4.98 Å². The molecular formula is C41H25N3S. The third-order valence-electron chi connectivity index (χ3n) is 9.19. The standard InChI is InChI=1S/C41H25N3S/c1-2-10-26(11-3-1)27-18-20-28(21-19-27)43-34-15-7-6-14-31(34)32-22-23-37-38(39(32)43)33-24-25-42-41(40(33)45-37)44-35-16-8-4-12-29(35)30-13-5-9-17-36(30)44/h1-25H. The fourth-order valence-corrected chi connectivity index (χ4v) is 8.42. The zero-order valence-corrected chi connectivity index (χ0v) is 25.0. The van der Waals surface area contributed by atoms with Gasteiger partial charge in [-0.2, -0.15) is 0 Å². The zero-order chi connectivity index (χ0) is 29.5. The predicted octanol–water partition coefficient (Wildman–Crippen LogP) is 11.3. The lowest BCUT2D eigenvalue weighted by molar-refractivity contribution is 1.11. The van der Waals surface area contributed by atoms with E-state index in [9.17, 15) is 0 Å². The Labute approximate surface area is 262 Å². The van der Waals surface area contributed by atoms with Crippen LogP contribution >= 0.6 is 11.3 Å². The average Bonchev–Trinajstić information content (AvgIpc) is 3.76. The second-order valence-electron chi connectivity index (χ2n) is 11.6. The minimum Gasteiger partial charge on any atom is -0.309 e. The Hall–Kier alpha value is -5.71. The number of benzene rings is 6.